The third-order valence-corrected chi connectivity index (χ3v) is 3.52. The Morgan fingerprint density at radius 1 is 1.53 bits per heavy atom. The molecular weight excluding hydrogens is 416 g/mol. The maximum atomic E-state index is 12.1. The number of hydrogen-bond acceptors (Lipinski definition) is 3. The fourth-order valence-electron chi connectivity index (χ4n) is 1.11. The van der Waals surface area contributed by atoms with Crippen molar-refractivity contribution in [3.8, 4) is 11.8 Å². The zero-order valence-electron chi connectivity index (χ0n) is 8.18. The smallest absolute Gasteiger partial charge is 0.403 e. The van der Waals surface area contributed by atoms with Crippen molar-refractivity contribution in [1.82, 2.24) is 4.98 Å². The summed E-state index contributed by atoms with van der Waals surface area (Å²) in [6.45, 7) is 0. The fourth-order valence-corrected chi connectivity index (χ4v) is 2.98. The van der Waals surface area contributed by atoms with Gasteiger partial charge >= 0.3 is 6.36 Å². The van der Waals surface area contributed by atoms with E-state index in [4.69, 9.17) is 5.26 Å². The van der Waals surface area contributed by atoms with Crippen LogP contribution in [-0.2, 0) is 11.8 Å². The summed E-state index contributed by atoms with van der Waals surface area (Å²) in [6, 6.07) is 1.90. The molecule has 1 aromatic rings. The molecule has 0 aliphatic heterocycles. The monoisotopic (exact) mass is 420 g/mol. The summed E-state index contributed by atoms with van der Waals surface area (Å²) < 4.78 is 40.4. The average Bonchev–Trinajstić information content (AvgIpc) is 2.21. The summed E-state index contributed by atoms with van der Waals surface area (Å²) in [6.07, 6.45) is -3.72. The van der Waals surface area contributed by atoms with Gasteiger partial charge in [-0.3, -0.25) is 4.98 Å². The van der Waals surface area contributed by atoms with Crippen molar-refractivity contribution in [2.24, 2.45) is 0 Å². The Kier molecular flexibility index (Phi) is 5.00. The molecule has 0 atom stereocenters. The number of nitrogens with zero attached hydrogens (tertiary/aromatic N) is 2. The number of rotatable bonds is 3. The minimum Gasteiger partial charge on any atom is -0.403 e. The van der Waals surface area contributed by atoms with Crippen LogP contribution in [0.4, 0.5) is 13.2 Å². The minimum atomic E-state index is -4.75. The molecule has 0 aliphatic carbocycles. The van der Waals surface area contributed by atoms with E-state index in [0.29, 0.717) is 20.2 Å². The van der Waals surface area contributed by atoms with E-state index in [0.717, 1.165) is 6.20 Å². The van der Waals surface area contributed by atoms with E-state index in [2.05, 4.69) is 25.7 Å². The van der Waals surface area contributed by atoms with Crippen LogP contribution in [-0.4, -0.2) is 11.3 Å². The maximum Gasteiger partial charge on any atom is 0.573 e. The molecule has 0 amide bonds. The lowest BCUT2D eigenvalue weighted by atomic mass is 10.2. The second-order valence-electron chi connectivity index (χ2n) is 2.88. The molecule has 1 heterocycles. The maximum absolute atomic E-state index is 12.1. The highest BCUT2D eigenvalue weighted by molar-refractivity contribution is 14.1. The molecule has 0 saturated heterocycles. The molecule has 0 saturated carbocycles. The Bertz CT molecular complexity index is 459. The van der Waals surface area contributed by atoms with Gasteiger partial charge in [0.1, 0.15) is 0 Å². The van der Waals surface area contributed by atoms with Gasteiger partial charge < -0.3 is 4.74 Å². The first-order chi connectivity index (χ1) is 7.89. The van der Waals surface area contributed by atoms with Crippen LogP contribution < -0.4 is 4.74 Å². The molecule has 3 nitrogen and oxygen atoms in total. The summed E-state index contributed by atoms with van der Waals surface area (Å²) in [5.41, 5.74) is 0.984. The number of nitriles is 1. The van der Waals surface area contributed by atoms with E-state index >= 15 is 0 Å². The highest BCUT2D eigenvalue weighted by Gasteiger charge is 2.32. The molecule has 0 aliphatic rings. The minimum absolute atomic E-state index is 0.0449. The standard InChI is InChI=1S/C9H5BrF3IN2O/c10-3-5-6(1-2-15)16-4-7(8(5)14)17-9(11,12)13/h4H,1,3H2. The number of aromatic nitrogens is 1. The van der Waals surface area contributed by atoms with Gasteiger partial charge in [-0.15, -0.1) is 13.2 Å². The van der Waals surface area contributed by atoms with Crippen molar-refractivity contribution in [2.75, 3.05) is 0 Å². The zero-order valence-corrected chi connectivity index (χ0v) is 11.9. The van der Waals surface area contributed by atoms with Crippen molar-refractivity contribution in [3.63, 3.8) is 0 Å². The summed E-state index contributed by atoms with van der Waals surface area (Å²) in [5.74, 6) is -0.353. The third-order valence-electron chi connectivity index (χ3n) is 1.77. The molecule has 1 aromatic heterocycles. The lowest BCUT2D eigenvalue weighted by molar-refractivity contribution is -0.275. The summed E-state index contributed by atoms with van der Waals surface area (Å²) >= 11 is 4.89. The Morgan fingerprint density at radius 2 is 2.18 bits per heavy atom. The van der Waals surface area contributed by atoms with Crippen LogP contribution in [0.5, 0.6) is 5.75 Å². The predicted octanol–water partition coefficient (Wildman–Crippen LogP) is 3.55. The topological polar surface area (TPSA) is 45.9 Å². The number of halogens is 5. The van der Waals surface area contributed by atoms with E-state index in [9.17, 15) is 13.2 Å². The number of hydrogen-bond donors (Lipinski definition) is 0. The Hall–Kier alpha value is -0.560. The molecule has 0 radical (unpaired) electrons. The van der Waals surface area contributed by atoms with Gasteiger partial charge in [0.2, 0.25) is 0 Å². The molecular formula is C9H5BrF3IN2O. The first kappa shape index (κ1) is 14.5. The number of pyridine rings is 1. The first-order valence-electron chi connectivity index (χ1n) is 4.24. The average molecular weight is 421 g/mol. The largest absolute Gasteiger partial charge is 0.573 e. The molecule has 0 spiro atoms. The highest BCUT2D eigenvalue weighted by Crippen LogP contribution is 2.31. The van der Waals surface area contributed by atoms with Crippen molar-refractivity contribution in [1.29, 1.82) is 5.26 Å². The normalized spacial score (nSPS) is 11.1. The van der Waals surface area contributed by atoms with Crippen LogP contribution in [0.15, 0.2) is 6.20 Å². The summed E-state index contributed by atoms with van der Waals surface area (Å²) in [5, 5.41) is 8.88. The third kappa shape index (κ3) is 3.99. The van der Waals surface area contributed by atoms with Crippen LogP contribution in [0.1, 0.15) is 11.3 Å². The molecule has 0 fully saturated rings. The van der Waals surface area contributed by atoms with Gasteiger partial charge in [-0.05, 0) is 22.6 Å². The Labute approximate surface area is 117 Å². The van der Waals surface area contributed by atoms with Gasteiger partial charge in [0.05, 0.1) is 28.0 Å². The second kappa shape index (κ2) is 5.86. The highest BCUT2D eigenvalue weighted by atomic mass is 127. The number of alkyl halides is 4. The van der Waals surface area contributed by atoms with Gasteiger partial charge in [-0.2, -0.15) is 5.26 Å². The summed E-state index contributed by atoms with van der Waals surface area (Å²) in [7, 11) is 0. The predicted molar refractivity (Wildman–Crippen MR) is 65.6 cm³/mol. The molecule has 17 heavy (non-hydrogen) atoms. The quantitative estimate of drug-likeness (QED) is 0.555. The molecule has 0 bridgehead atoms. The van der Waals surface area contributed by atoms with E-state index in [1.165, 1.54) is 0 Å². The van der Waals surface area contributed by atoms with Crippen molar-refractivity contribution >= 4 is 38.5 Å². The Morgan fingerprint density at radius 3 is 2.65 bits per heavy atom. The lowest BCUT2D eigenvalue weighted by Gasteiger charge is -2.13. The second-order valence-corrected chi connectivity index (χ2v) is 4.52. The van der Waals surface area contributed by atoms with E-state index in [-0.39, 0.29) is 12.2 Å². The fraction of sp³-hybridized carbons (Fsp3) is 0.333. The van der Waals surface area contributed by atoms with Gasteiger partial charge in [0.25, 0.3) is 0 Å². The van der Waals surface area contributed by atoms with E-state index < -0.39 is 6.36 Å². The van der Waals surface area contributed by atoms with Crippen LogP contribution in [0, 0.1) is 14.9 Å². The van der Waals surface area contributed by atoms with Crippen LogP contribution in [0.25, 0.3) is 0 Å². The SMILES string of the molecule is N#CCc1ncc(OC(F)(F)F)c(I)c1CBr. The van der Waals surface area contributed by atoms with Crippen LogP contribution in [0.3, 0.4) is 0 Å². The zero-order chi connectivity index (χ0) is 13.1. The van der Waals surface area contributed by atoms with Gasteiger partial charge in [0, 0.05) is 10.9 Å². The van der Waals surface area contributed by atoms with Gasteiger partial charge in [-0.1, -0.05) is 15.9 Å². The number of ether oxygens (including phenoxy) is 1. The van der Waals surface area contributed by atoms with Gasteiger partial charge in [0.15, 0.2) is 5.75 Å². The summed E-state index contributed by atoms with van der Waals surface area (Å²) in [4.78, 5) is 3.80. The molecule has 92 valence electrons. The van der Waals surface area contributed by atoms with Crippen molar-refractivity contribution in [3.05, 3.63) is 21.0 Å². The molecule has 0 unspecified atom stereocenters. The Balaban J connectivity index is 3.16. The molecule has 0 aromatic carbocycles. The van der Waals surface area contributed by atoms with E-state index in [1.807, 2.05) is 6.07 Å². The molecule has 1 rings (SSSR count). The van der Waals surface area contributed by atoms with Gasteiger partial charge in [-0.25, -0.2) is 0 Å². The molecule has 0 N–H and O–H groups in total. The van der Waals surface area contributed by atoms with Crippen molar-refractivity contribution in [2.45, 2.75) is 18.1 Å². The molecule has 8 heteroatoms. The lowest BCUT2D eigenvalue weighted by Crippen LogP contribution is -2.18. The van der Waals surface area contributed by atoms with Crippen LogP contribution >= 0.6 is 38.5 Å². The first-order valence-corrected chi connectivity index (χ1v) is 6.44. The van der Waals surface area contributed by atoms with E-state index in [1.54, 1.807) is 22.6 Å². The van der Waals surface area contributed by atoms with Crippen LogP contribution in [0.2, 0.25) is 0 Å². The van der Waals surface area contributed by atoms with Crippen molar-refractivity contribution < 1.29 is 17.9 Å².